The number of nitro groups is 1. The largest absolute Gasteiger partial charge is 0.370 e. The molecule has 0 aromatic heterocycles. The number of hydrogen-bond donors (Lipinski definition) is 1. The molecule has 0 amide bonds. The van der Waals surface area contributed by atoms with E-state index in [1.54, 1.807) is 12.1 Å². The number of nitrogens with one attached hydrogen (secondary N) is 1. The predicted molar refractivity (Wildman–Crippen MR) is 67.5 cm³/mol. The summed E-state index contributed by atoms with van der Waals surface area (Å²) in [5.74, 6) is 0. The van der Waals surface area contributed by atoms with Gasteiger partial charge in [0.25, 0.3) is 5.69 Å². The highest BCUT2D eigenvalue weighted by molar-refractivity contribution is 5.58. The number of likely N-dealkylation sites (N-methyl/N-ethyl adjacent to an activating group) is 1. The number of hydrogen-bond acceptors (Lipinski definition) is 4. The van der Waals surface area contributed by atoms with Crippen molar-refractivity contribution in [1.29, 1.82) is 0 Å². The lowest BCUT2D eigenvalue weighted by atomic mass is 10.1. The first-order valence-electron chi connectivity index (χ1n) is 5.79. The maximum Gasteiger partial charge on any atom is 0.269 e. The van der Waals surface area contributed by atoms with Gasteiger partial charge in [-0.05, 0) is 32.0 Å². The molecular formula is C12H17N3O2. The summed E-state index contributed by atoms with van der Waals surface area (Å²) in [7, 11) is 1.97. The molecule has 1 aromatic carbocycles. The van der Waals surface area contributed by atoms with Gasteiger partial charge >= 0.3 is 0 Å². The maximum atomic E-state index is 10.7. The molecule has 5 nitrogen and oxygen atoms in total. The van der Waals surface area contributed by atoms with Crippen molar-refractivity contribution in [2.75, 3.05) is 25.0 Å². The average Bonchev–Trinajstić information content (AvgIpc) is 2.77. The maximum absolute atomic E-state index is 10.7. The highest BCUT2D eigenvalue weighted by atomic mass is 16.6. The van der Waals surface area contributed by atoms with Crippen molar-refractivity contribution >= 4 is 11.4 Å². The zero-order valence-corrected chi connectivity index (χ0v) is 10.1. The van der Waals surface area contributed by atoms with Gasteiger partial charge in [0.1, 0.15) is 0 Å². The molecule has 2 rings (SSSR count). The molecule has 1 atom stereocenters. The Morgan fingerprint density at radius 3 is 2.82 bits per heavy atom. The van der Waals surface area contributed by atoms with E-state index in [0.29, 0.717) is 6.04 Å². The van der Waals surface area contributed by atoms with Crippen molar-refractivity contribution in [1.82, 2.24) is 5.32 Å². The van der Waals surface area contributed by atoms with Gasteiger partial charge in [0.2, 0.25) is 0 Å². The lowest BCUT2D eigenvalue weighted by Gasteiger charge is -2.20. The Balaban J connectivity index is 2.20. The molecule has 0 saturated carbocycles. The third kappa shape index (κ3) is 2.39. The molecular weight excluding hydrogens is 218 g/mol. The van der Waals surface area contributed by atoms with Gasteiger partial charge in [0.05, 0.1) is 4.92 Å². The summed E-state index contributed by atoms with van der Waals surface area (Å²) in [6, 6.07) is 5.59. The third-order valence-corrected chi connectivity index (χ3v) is 3.33. The lowest BCUT2D eigenvalue weighted by molar-refractivity contribution is -0.384. The standard InChI is InChI=1S/C12H17N3O2/c1-9-7-11(15(16)17)3-4-12(9)14-6-5-10(8-14)13-2/h3-4,7,10,13H,5-6,8H2,1-2H3. The summed E-state index contributed by atoms with van der Waals surface area (Å²) in [6.07, 6.45) is 1.12. The topological polar surface area (TPSA) is 58.4 Å². The first kappa shape index (κ1) is 11.9. The minimum atomic E-state index is -0.350. The van der Waals surface area contributed by atoms with Gasteiger partial charge < -0.3 is 10.2 Å². The molecule has 1 heterocycles. The van der Waals surface area contributed by atoms with Crippen LogP contribution in [0.15, 0.2) is 18.2 Å². The summed E-state index contributed by atoms with van der Waals surface area (Å²) in [4.78, 5) is 12.6. The number of rotatable bonds is 3. The van der Waals surface area contributed by atoms with E-state index in [0.717, 1.165) is 30.8 Å². The summed E-state index contributed by atoms with van der Waals surface area (Å²) >= 11 is 0. The van der Waals surface area contributed by atoms with Crippen LogP contribution < -0.4 is 10.2 Å². The van der Waals surface area contributed by atoms with Gasteiger partial charge in [-0.15, -0.1) is 0 Å². The molecule has 1 N–H and O–H groups in total. The van der Waals surface area contributed by atoms with Gasteiger partial charge in [-0.25, -0.2) is 0 Å². The second kappa shape index (κ2) is 4.71. The average molecular weight is 235 g/mol. The first-order chi connectivity index (χ1) is 8.11. The molecule has 1 fully saturated rings. The van der Waals surface area contributed by atoms with Crippen LogP contribution in [0.4, 0.5) is 11.4 Å². The molecule has 1 saturated heterocycles. The summed E-state index contributed by atoms with van der Waals surface area (Å²) < 4.78 is 0. The molecule has 1 unspecified atom stereocenters. The molecule has 1 aliphatic rings. The van der Waals surface area contributed by atoms with Gasteiger partial charge in [-0.2, -0.15) is 0 Å². The van der Waals surface area contributed by atoms with Gasteiger partial charge in [0.15, 0.2) is 0 Å². The number of aryl methyl sites for hydroxylation is 1. The zero-order chi connectivity index (χ0) is 12.4. The Bertz CT molecular complexity index is 434. The van der Waals surface area contributed by atoms with E-state index < -0.39 is 0 Å². The van der Waals surface area contributed by atoms with Crippen LogP contribution in [-0.2, 0) is 0 Å². The van der Waals surface area contributed by atoms with Crippen LogP contribution in [-0.4, -0.2) is 31.1 Å². The summed E-state index contributed by atoms with van der Waals surface area (Å²) in [6.45, 7) is 3.90. The van der Waals surface area contributed by atoms with Crippen molar-refractivity contribution in [2.24, 2.45) is 0 Å². The molecule has 5 heteroatoms. The summed E-state index contributed by atoms with van der Waals surface area (Å²) in [5.41, 5.74) is 2.24. The monoisotopic (exact) mass is 235 g/mol. The number of nitro benzene ring substituents is 1. The van der Waals surface area contributed by atoms with E-state index in [2.05, 4.69) is 10.2 Å². The molecule has 0 aliphatic carbocycles. The van der Waals surface area contributed by atoms with E-state index in [1.165, 1.54) is 0 Å². The molecule has 1 aliphatic heterocycles. The Kier molecular flexibility index (Phi) is 3.28. The van der Waals surface area contributed by atoms with Crippen molar-refractivity contribution in [3.63, 3.8) is 0 Å². The Morgan fingerprint density at radius 1 is 1.53 bits per heavy atom. The van der Waals surface area contributed by atoms with E-state index in [4.69, 9.17) is 0 Å². The lowest BCUT2D eigenvalue weighted by Crippen LogP contribution is -2.29. The fourth-order valence-corrected chi connectivity index (χ4v) is 2.32. The van der Waals surface area contributed by atoms with Gasteiger partial charge in [0, 0.05) is 37.0 Å². The van der Waals surface area contributed by atoms with Gasteiger partial charge in [-0.1, -0.05) is 0 Å². The van der Waals surface area contributed by atoms with E-state index in [1.807, 2.05) is 20.0 Å². The van der Waals surface area contributed by atoms with E-state index in [-0.39, 0.29) is 10.6 Å². The Morgan fingerprint density at radius 2 is 2.29 bits per heavy atom. The Hall–Kier alpha value is -1.62. The predicted octanol–water partition coefficient (Wildman–Crippen LogP) is 1.70. The second-order valence-electron chi connectivity index (χ2n) is 4.45. The zero-order valence-electron chi connectivity index (χ0n) is 10.1. The van der Waals surface area contributed by atoms with Crippen LogP contribution in [0.1, 0.15) is 12.0 Å². The highest BCUT2D eigenvalue weighted by Gasteiger charge is 2.22. The van der Waals surface area contributed by atoms with Crippen LogP contribution in [0, 0.1) is 17.0 Å². The minimum Gasteiger partial charge on any atom is -0.370 e. The van der Waals surface area contributed by atoms with Crippen LogP contribution in [0.2, 0.25) is 0 Å². The third-order valence-electron chi connectivity index (χ3n) is 3.33. The van der Waals surface area contributed by atoms with Crippen LogP contribution >= 0.6 is 0 Å². The molecule has 0 radical (unpaired) electrons. The number of benzene rings is 1. The number of nitrogens with zero attached hydrogens (tertiary/aromatic N) is 2. The minimum absolute atomic E-state index is 0.163. The van der Waals surface area contributed by atoms with Crippen molar-refractivity contribution in [2.45, 2.75) is 19.4 Å². The molecule has 1 aromatic rings. The van der Waals surface area contributed by atoms with E-state index >= 15 is 0 Å². The summed E-state index contributed by atoms with van der Waals surface area (Å²) in [5, 5.41) is 13.9. The first-order valence-corrected chi connectivity index (χ1v) is 5.79. The second-order valence-corrected chi connectivity index (χ2v) is 4.45. The smallest absolute Gasteiger partial charge is 0.269 e. The van der Waals surface area contributed by atoms with Crippen LogP contribution in [0.3, 0.4) is 0 Å². The van der Waals surface area contributed by atoms with Crippen molar-refractivity contribution < 1.29 is 4.92 Å². The van der Waals surface area contributed by atoms with Crippen LogP contribution in [0.25, 0.3) is 0 Å². The number of non-ortho nitro benzene ring substituents is 1. The fourth-order valence-electron chi connectivity index (χ4n) is 2.32. The highest BCUT2D eigenvalue weighted by Crippen LogP contribution is 2.27. The molecule has 0 spiro atoms. The Labute approximate surface area is 101 Å². The van der Waals surface area contributed by atoms with Crippen molar-refractivity contribution in [3.8, 4) is 0 Å². The van der Waals surface area contributed by atoms with Crippen LogP contribution in [0.5, 0.6) is 0 Å². The number of anilines is 1. The molecule has 0 bridgehead atoms. The normalized spacial score (nSPS) is 19.6. The van der Waals surface area contributed by atoms with E-state index in [9.17, 15) is 10.1 Å². The molecule has 92 valence electrons. The molecule has 17 heavy (non-hydrogen) atoms. The van der Waals surface area contributed by atoms with Crippen molar-refractivity contribution in [3.05, 3.63) is 33.9 Å². The SMILES string of the molecule is CNC1CCN(c2ccc([N+](=O)[O-])cc2C)C1. The fraction of sp³-hybridized carbons (Fsp3) is 0.500. The quantitative estimate of drug-likeness (QED) is 0.640. The van der Waals surface area contributed by atoms with Gasteiger partial charge in [-0.3, -0.25) is 10.1 Å².